The van der Waals surface area contributed by atoms with Crippen molar-refractivity contribution in [1.29, 1.82) is 0 Å². The maximum atomic E-state index is 12.7. The van der Waals surface area contributed by atoms with Gasteiger partial charge in [-0.05, 0) is 20.0 Å². The van der Waals surface area contributed by atoms with Gasteiger partial charge in [0, 0.05) is 0 Å². The van der Waals surface area contributed by atoms with E-state index in [9.17, 15) is 8.78 Å². The molecule has 1 aliphatic heterocycles. The summed E-state index contributed by atoms with van der Waals surface area (Å²) in [4.78, 5) is 1.63. The molecule has 10 heavy (non-hydrogen) atoms. The molecule has 0 aromatic carbocycles. The van der Waals surface area contributed by atoms with Crippen molar-refractivity contribution in [3.63, 3.8) is 0 Å². The van der Waals surface area contributed by atoms with Gasteiger partial charge in [-0.1, -0.05) is 0 Å². The van der Waals surface area contributed by atoms with Crippen LogP contribution in [0.1, 0.15) is 6.42 Å². The van der Waals surface area contributed by atoms with Gasteiger partial charge in [0.1, 0.15) is 0 Å². The van der Waals surface area contributed by atoms with Gasteiger partial charge in [0.05, 0.1) is 11.8 Å². The summed E-state index contributed by atoms with van der Waals surface area (Å²) < 4.78 is 25.5. The van der Waals surface area contributed by atoms with Crippen LogP contribution < -0.4 is 0 Å². The summed E-state index contributed by atoms with van der Waals surface area (Å²) in [5.41, 5.74) is 0. The first-order valence-corrected chi connectivity index (χ1v) is 3.78. The molecule has 0 aromatic rings. The van der Waals surface area contributed by atoms with E-state index in [1.807, 2.05) is 0 Å². The molecule has 0 saturated carbocycles. The molecule has 1 aliphatic rings. The molecule has 0 N–H and O–H groups in total. The molecule has 0 bridgehead atoms. The van der Waals surface area contributed by atoms with Gasteiger partial charge in [0.15, 0.2) is 0 Å². The number of alkyl halides is 2. The van der Waals surface area contributed by atoms with Gasteiger partial charge in [0.25, 0.3) is 5.92 Å². The normalized spacial score (nSPS) is 34.2. The van der Waals surface area contributed by atoms with E-state index in [0.717, 1.165) is 6.54 Å². The minimum Gasteiger partial charge on any atom is -0.300 e. The highest BCUT2D eigenvalue weighted by Crippen LogP contribution is 2.29. The zero-order chi connectivity index (χ0) is 7.78. The summed E-state index contributed by atoms with van der Waals surface area (Å²) in [6, 6.07) is 0. The van der Waals surface area contributed by atoms with Crippen molar-refractivity contribution in [2.45, 2.75) is 17.6 Å². The number of likely N-dealkylation sites (tertiary alicyclic amines) is 1. The highest BCUT2D eigenvalue weighted by atomic mass is 32.1. The van der Waals surface area contributed by atoms with E-state index in [2.05, 4.69) is 12.6 Å². The molecule has 60 valence electrons. The van der Waals surface area contributed by atoms with E-state index in [4.69, 9.17) is 0 Å². The predicted octanol–water partition coefficient (Wildman–Crippen LogP) is 1.26. The lowest BCUT2D eigenvalue weighted by Crippen LogP contribution is -2.47. The van der Waals surface area contributed by atoms with Crippen LogP contribution in [0, 0.1) is 0 Å². The summed E-state index contributed by atoms with van der Waals surface area (Å²) in [6.45, 7) is 0.574. The van der Waals surface area contributed by atoms with Crippen LogP contribution in [0.25, 0.3) is 0 Å². The fourth-order valence-electron chi connectivity index (χ4n) is 1.10. The molecule has 1 atom stereocenters. The lowest BCUT2D eigenvalue weighted by molar-refractivity contribution is -0.0502. The second kappa shape index (κ2) is 2.66. The molecule has 0 radical (unpaired) electrons. The van der Waals surface area contributed by atoms with Crippen molar-refractivity contribution < 1.29 is 8.78 Å². The molecule has 1 fully saturated rings. The average Bonchev–Trinajstić information content (AvgIpc) is 1.78. The zero-order valence-corrected chi connectivity index (χ0v) is 6.74. The van der Waals surface area contributed by atoms with E-state index in [1.54, 1.807) is 11.9 Å². The van der Waals surface area contributed by atoms with E-state index >= 15 is 0 Å². The van der Waals surface area contributed by atoms with Crippen LogP contribution in [0.4, 0.5) is 8.78 Å². The largest absolute Gasteiger partial charge is 0.300 e. The highest BCUT2D eigenvalue weighted by molar-refractivity contribution is 7.81. The second-order valence-electron chi connectivity index (χ2n) is 2.80. The summed E-state index contributed by atoms with van der Waals surface area (Å²) in [5.74, 6) is -2.60. The number of halogens is 2. The van der Waals surface area contributed by atoms with Crippen LogP contribution in [-0.4, -0.2) is 36.2 Å². The van der Waals surface area contributed by atoms with Gasteiger partial charge in [-0.3, -0.25) is 0 Å². The third-order valence-corrected chi connectivity index (χ3v) is 2.39. The summed E-state index contributed by atoms with van der Waals surface area (Å²) in [5, 5.41) is -0.747. The maximum absolute atomic E-state index is 12.7. The van der Waals surface area contributed by atoms with Crippen LogP contribution in [-0.2, 0) is 0 Å². The lowest BCUT2D eigenvalue weighted by Gasteiger charge is -2.33. The Balaban J connectivity index is 2.55. The Morgan fingerprint density at radius 3 is 2.60 bits per heavy atom. The van der Waals surface area contributed by atoms with Crippen LogP contribution in [0.2, 0.25) is 0 Å². The Kier molecular flexibility index (Phi) is 2.20. The van der Waals surface area contributed by atoms with E-state index < -0.39 is 11.2 Å². The molecule has 1 nitrogen and oxygen atoms in total. The van der Waals surface area contributed by atoms with Gasteiger partial charge in [-0.2, -0.15) is 12.6 Å². The molecule has 0 aliphatic carbocycles. The minimum atomic E-state index is -2.60. The summed E-state index contributed by atoms with van der Waals surface area (Å²) in [6.07, 6.45) is 0.479. The average molecular weight is 167 g/mol. The SMILES string of the molecule is CN1CCC(S)C(F)(F)C1. The van der Waals surface area contributed by atoms with E-state index in [0.29, 0.717) is 6.42 Å². The predicted molar refractivity (Wildman–Crippen MR) is 39.8 cm³/mol. The first-order chi connectivity index (χ1) is 4.52. The Bertz CT molecular complexity index is 129. The van der Waals surface area contributed by atoms with E-state index in [-0.39, 0.29) is 6.54 Å². The van der Waals surface area contributed by atoms with Crippen LogP contribution in [0.3, 0.4) is 0 Å². The Labute approximate surface area is 64.8 Å². The standard InChI is InChI=1S/C6H11F2NS/c1-9-3-2-5(10)6(7,8)4-9/h5,10H,2-4H2,1H3. The second-order valence-corrected chi connectivity index (χ2v) is 3.43. The highest BCUT2D eigenvalue weighted by Gasteiger charge is 2.41. The maximum Gasteiger partial charge on any atom is 0.271 e. The third kappa shape index (κ3) is 1.61. The fraction of sp³-hybridized carbons (Fsp3) is 1.00. The van der Waals surface area contributed by atoms with Crippen molar-refractivity contribution in [3.05, 3.63) is 0 Å². The van der Waals surface area contributed by atoms with Crippen LogP contribution in [0.5, 0.6) is 0 Å². The number of thiol groups is 1. The summed E-state index contributed by atoms with van der Waals surface area (Å²) in [7, 11) is 1.70. The Morgan fingerprint density at radius 2 is 2.20 bits per heavy atom. The summed E-state index contributed by atoms with van der Waals surface area (Å²) >= 11 is 3.81. The molecular formula is C6H11F2NS. The van der Waals surface area contributed by atoms with Crippen molar-refractivity contribution in [2.75, 3.05) is 20.1 Å². The monoisotopic (exact) mass is 167 g/mol. The zero-order valence-electron chi connectivity index (χ0n) is 5.85. The first kappa shape index (κ1) is 8.27. The molecule has 1 saturated heterocycles. The Hall–Kier alpha value is 0.170. The van der Waals surface area contributed by atoms with Crippen molar-refractivity contribution in [3.8, 4) is 0 Å². The van der Waals surface area contributed by atoms with Gasteiger partial charge in [-0.25, -0.2) is 8.78 Å². The molecule has 1 heterocycles. The number of hydrogen-bond acceptors (Lipinski definition) is 2. The smallest absolute Gasteiger partial charge is 0.271 e. The van der Waals surface area contributed by atoms with Gasteiger partial charge < -0.3 is 4.90 Å². The molecule has 0 aromatic heterocycles. The minimum absolute atomic E-state index is 0.152. The van der Waals surface area contributed by atoms with Gasteiger partial charge in [-0.15, -0.1) is 0 Å². The number of rotatable bonds is 0. The topological polar surface area (TPSA) is 3.24 Å². The van der Waals surface area contributed by atoms with Crippen molar-refractivity contribution in [1.82, 2.24) is 4.90 Å². The fourth-order valence-corrected chi connectivity index (χ4v) is 1.30. The molecule has 1 rings (SSSR count). The van der Waals surface area contributed by atoms with E-state index in [1.165, 1.54) is 0 Å². The van der Waals surface area contributed by atoms with Crippen molar-refractivity contribution in [2.24, 2.45) is 0 Å². The van der Waals surface area contributed by atoms with Crippen LogP contribution in [0.15, 0.2) is 0 Å². The molecular weight excluding hydrogens is 156 g/mol. The molecule has 4 heteroatoms. The molecule has 1 unspecified atom stereocenters. The molecule has 0 spiro atoms. The van der Waals surface area contributed by atoms with Crippen LogP contribution >= 0.6 is 12.6 Å². The number of nitrogens with zero attached hydrogens (tertiary/aromatic N) is 1. The molecule has 0 amide bonds. The third-order valence-electron chi connectivity index (χ3n) is 1.75. The number of hydrogen-bond donors (Lipinski definition) is 1. The van der Waals surface area contributed by atoms with Crippen molar-refractivity contribution >= 4 is 12.6 Å². The first-order valence-electron chi connectivity index (χ1n) is 3.27. The lowest BCUT2D eigenvalue weighted by atomic mass is 10.1. The number of piperidine rings is 1. The quantitative estimate of drug-likeness (QED) is 0.531. The Morgan fingerprint density at radius 1 is 1.60 bits per heavy atom. The van der Waals surface area contributed by atoms with Gasteiger partial charge in [0.2, 0.25) is 0 Å². The van der Waals surface area contributed by atoms with Gasteiger partial charge >= 0.3 is 0 Å².